The highest BCUT2D eigenvalue weighted by atomic mass is 32.2. The SMILES string of the molecule is Cc1ccc(C(=O)O)cc1OS(=O)(=O)c1ccccc1. The molecular formula is C14H12O5S. The minimum atomic E-state index is -3.97. The van der Waals surface area contributed by atoms with Crippen molar-refractivity contribution in [1.29, 1.82) is 0 Å². The largest absolute Gasteiger partial charge is 0.478 e. The monoisotopic (exact) mass is 292 g/mol. The zero-order valence-electron chi connectivity index (χ0n) is 10.6. The second-order valence-electron chi connectivity index (χ2n) is 4.14. The Morgan fingerprint density at radius 3 is 2.35 bits per heavy atom. The zero-order chi connectivity index (χ0) is 14.8. The van der Waals surface area contributed by atoms with Gasteiger partial charge in [0.15, 0.2) is 0 Å². The molecule has 1 N–H and O–H groups in total. The number of benzene rings is 2. The lowest BCUT2D eigenvalue weighted by Crippen LogP contribution is -2.11. The van der Waals surface area contributed by atoms with Crippen LogP contribution >= 0.6 is 0 Å². The van der Waals surface area contributed by atoms with E-state index in [1.165, 1.54) is 30.3 Å². The van der Waals surface area contributed by atoms with E-state index in [1.807, 2.05) is 0 Å². The average molecular weight is 292 g/mol. The van der Waals surface area contributed by atoms with Crippen molar-refractivity contribution in [2.24, 2.45) is 0 Å². The van der Waals surface area contributed by atoms with Crippen molar-refractivity contribution >= 4 is 16.1 Å². The van der Waals surface area contributed by atoms with Gasteiger partial charge in [-0.15, -0.1) is 0 Å². The third-order valence-corrected chi connectivity index (χ3v) is 3.91. The second-order valence-corrected chi connectivity index (χ2v) is 5.68. The highest BCUT2D eigenvalue weighted by molar-refractivity contribution is 7.87. The van der Waals surface area contributed by atoms with Crippen LogP contribution in [0.5, 0.6) is 5.75 Å². The number of hydrogen-bond donors (Lipinski definition) is 1. The first kappa shape index (κ1) is 14.1. The van der Waals surface area contributed by atoms with Crippen molar-refractivity contribution in [1.82, 2.24) is 0 Å². The molecule has 0 unspecified atom stereocenters. The minimum Gasteiger partial charge on any atom is -0.478 e. The summed E-state index contributed by atoms with van der Waals surface area (Å²) in [6.45, 7) is 1.64. The summed E-state index contributed by atoms with van der Waals surface area (Å²) in [5.74, 6) is -1.14. The van der Waals surface area contributed by atoms with E-state index in [0.29, 0.717) is 5.56 Å². The smallest absolute Gasteiger partial charge is 0.339 e. The summed E-state index contributed by atoms with van der Waals surface area (Å²) in [5, 5.41) is 8.91. The minimum absolute atomic E-state index is 0.00810. The van der Waals surface area contributed by atoms with Crippen molar-refractivity contribution in [3.8, 4) is 5.75 Å². The summed E-state index contributed by atoms with van der Waals surface area (Å²) < 4.78 is 29.1. The molecule has 104 valence electrons. The van der Waals surface area contributed by atoms with Gasteiger partial charge < -0.3 is 9.29 Å². The van der Waals surface area contributed by atoms with Crippen LogP contribution in [0.1, 0.15) is 15.9 Å². The van der Waals surface area contributed by atoms with E-state index in [0.717, 1.165) is 0 Å². The Morgan fingerprint density at radius 1 is 1.10 bits per heavy atom. The van der Waals surface area contributed by atoms with Gasteiger partial charge in [0.1, 0.15) is 10.6 Å². The van der Waals surface area contributed by atoms with Crippen molar-refractivity contribution in [2.45, 2.75) is 11.8 Å². The summed E-state index contributed by atoms with van der Waals surface area (Å²) in [7, 11) is -3.97. The molecule has 0 saturated heterocycles. The van der Waals surface area contributed by atoms with E-state index < -0.39 is 16.1 Å². The van der Waals surface area contributed by atoms with E-state index >= 15 is 0 Å². The molecule has 2 aromatic carbocycles. The molecule has 0 heterocycles. The molecule has 2 rings (SSSR count). The van der Waals surface area contributed by atoms with Crippen molar-refractivity contribution in [3.05, 3.63) is 59.7 Å². The van der Waals surface area contributed by atoms with Gasteiger partial charge in [0.25, 0.3) is 0 Å². The maximum absolute atomic E-state index is 12.1. The molecule has 6 heteroatoms. The van der Waals surface area contributed by atoms with Crippen molar-refractivity contribution < 1.29 is 22.5 Å². The van der Waals surface area contributed by atoms with Gasteiger partial charge in [-0.05, 0) is 36.8 Å². The number of carboxylic acids is 1. The van der Waals surface area contributed by atoms with Gasteiger partial charge in [0.05, 0.1) is 5.56 Å². The Labute approximate surface area is 116 Å². The highest BCUT2D eigenvalue weighted by Gasteiger charge is 2.18. The first-order valence-corrected chi connectivity index (χ1v) is 7.14. The third-order valence-electron chi connectivity index (χ3n) is 2.67. The lowest BCUT2D eigenvalue weighted by atomic mass is 10.1. The molecule has 0 atom stereocenters. The fraction of sp³-hybridized carbons (Fsp3) is 0.0714. The Morgan fingerprint density at radius 2 is 1.75 bits per heavy atom. The molecule has 0 amide bonds. The topological polar surface area (TPSA) is 80.7 Å². The number of aryl methyl sites for hydroxylation is 1. The van der Waals surface area contributed by atoms with Crippen molar-refractivity contribution in [2.75, 3.05) is 0 Å². The molecule has 0 aliphatic rings. The number of rotatable bonds is 4. The lowest BCUT2D eigenvalue weighted by molar-refractivity contribution is 0.0696. The number of hydrogen-bond acceptors (Lipinski definition) is 4. The van der Waals surface area contributed by atoms with Crippen molar-refractivity contribution in [3.63, 3.8) is 0 Å². The van der Waals surface area contributed by atoms with E-state index in [-0.39, 0.29) is 16.2 Å². The van der Waals surface area contributed by atoms with Gasteiger partial charge in [-0.1, -0.05) is 24.3 Å². The van der Waals surface area contributed by atoms with Crippen LogP contribution in [-0.2, 0) is 10.1 Å². The zero-order valence-corrected chi connectivity index (χ0v) is 11.4. The molecule has 0 aromatic heterocycles. The van der Waals surface area contributed by atoms with Gasteiger partial charge in [0, 0.05) is 0 Å². The fourth-order valence-electron chi connectivity index (χ4n) is 1.58. The molecule has 0 radical (unpaired) electrons. The molecule has 20 heavy (non-hydrogen) atoms. The lowest BCUT2D eigenvalue weighted by Gasteiger charge is -2.10. The Balaban J connectivity index is 2.39. The normalized spacial score (nSPS) is 11.1. The summed E-state index contributed by atoms with van der Waals surface area (Å²) >= 11 is 0. The average Bonchev–Trinajstić information content (AvgIpc) is 2.42. The Kier molecular flexibility index (Phi) is 3.76. The third kappa shape index (κ3) is 2.97. The first-order chi connectivity index (χ1) is 9.40. The molecule has 2 aromatic rings. The van der Waals surface area contributed by atoms with E-state index in [4.69, 9.17) is 9.29 Å². The Hall–Kier alpha value is -2.34. The molecule has 0 saturated carbocycles. The van der Waals surface area contributed by atoms with E-state index in [9.17, 15) is 13.2 Å². The van der Waals surface area contributed by atoms with Crippen LogP contribution in [-0.4, -0.2) is 19.5 Å². The number of carboxylic acid groups (broad SMARTS) is 1. The Bertz CT molecular complexity index is 735. The van der Waals surface area contributed by atoms with Gasteiger partial charge in [0.2, 0.25) is 0 Å². The molecule has 0 spiro atoms. The number of carbonyl (C=O) groups is 1. The maximum Gasteiger partial charge on any atom is 0.339 e. The van der Waals surface area contributed by atoms with E-state index in [1.54, 1.807) is 25.1 Å². The van der Waals surface area contributed by atoms with Crippen LogP contribution in [0, 0.1) is 6.92 Å². The molecule has 0 bridgehead atoms. The van der Waals surface area contributed by atoms with E-state index in [2.05, 4.69) is 0 Å². The van der Waals surface area contributed by atoms with Gasteiger partial charge in [-0.2, -0.15) is 8.42 Å². The van der Waals surface area contributed by atoms with Crippen LogP contribution in [0.3, 0.4) is 0 Å². The molecule has 5 nitrogen and oxygen atoms in total. The predicted molar refractivity (Wildman–Crippen MR) is 72.4 cm³/mol. The fourth-order valence-corrected chi connectivity index (χ4v) is 2.58. The van der Waals surface area contributed by atoms with Gasteiger partial charge in [-0.25, -0.2) is 4.79 Å². The summed E-state index contributed by atoms with van der Waals surface area (Å²) in [6, 6.07) is 11.7. The summed E-state index contributed by atoms with van der Waals surface area (Å²) in [4.78, 5) is 10.9. The summed E-state index contributed by atoms with van der Waals surface area (Å²) in [5.41, 5.74) is 0.503. The second kappa shape index (κ2) is 5.34. The maximum atomic E-state index is 12.1. The van der Waals surface area contributed by atoms with Crippen LogP contribution in [0.15, 0.2) is 53.4 Å². The molecular weight excluding hydrogens is 280 g/mol. The predicted octanol–water partition coefficient (Wildman–Crippen LogP) is 2.46. The number of aromatic carboxylic acids is 1. The molecule has 0 fully saturated rings. The quantitative estimate of drug-likeness (QED) is 0.875. The summed E-state index contributed by atoms with van der Waals surface area (Å²) in [6.07, 6.45) is 0. The molecule has 0 aliphatic heterocycles. The molecule has 0 aliphatic carbocycles. The standard InChI is InChI=1S/C14H12O5S/c1-10-7-8-11(14(15)16)9-13(10)19-20(17,18)12-5-3-2-4-6-12/h2-9H,1H3,(H,15,16). The first-order valence-electron chi connectivity index (χ1n) is 5.73. The van der Waals surface area contributed by atoms with Crippen LogP contribution in [0.2, 0.25) is 0 Å². The van der Waals surface area contributed by atoms with Gasteiger partial charge >= 0.3 is 16.1 Å². The van der Waals surface area contributed by atoms with Crippen LogP contribution in [0.4, 0.5) is 0 Å². The highest BCUT2D eigenvalue weighted by Crippen LogP contribution is 2.24. The van der Waals surface area contributed by atoms with Gasteiger partial charge in [-0.3, -0.25) is 0 Å². The van der Waals surface area contributed by atoms with Crippen LogP contribution < -0.4 is 4.18 Å². The van der Waals surface area contributed by atoms with Crippen LogP contribution in [0.25, 0.3) is 0 Å².